The van der Waals surface area contributed by atoms with Gasteiger partial charge in [0.15, 0.2) is 0 Å². The summed E-state index contributed by atoms with van der Waals surface area (Å²) in [5.41, 5.74) is 3.48. The number of aryl methyl sites for hydroxylation is 2. The molecule has 1 aliphatic carbocycles. The molecule has 0 unspecified atom stereocenters. The number of thiocarbonyl (C=S) groups is 1. The Morgan fingerprint density at radius 3 is 2.46 bits per heavy atom. The summed E-state index contributed by atoms with van der Waals surface area (Å²) in [5.74, 6) is 0.941. The summed E-state index contributed by atoms with van der Waals surface area (Å²) in [4.78, 5) is 10.7. The smallest absolute Gasteiger partial charge is 0.0840 e. The van der Waals surface area contributed by atoms with Crippen LogP contribution in [0, 0.1) is 19.8 Å². The molecule has 0 aromatic carbocycles. The molecule has 4 heteroatoms. The van der Waals surface area contributed by atoms with Crippen molar-refractivity contribution in [2.24, 2.45) is 5.92 Å². The molecule has 132 valence electrons. The van der Waals surface area contributed by atoms with E-state index in [1.165, 1.54) is 44.2 Å². The first kappa shape index (κ1) is 17.8. The first-order valence-corrected chi connectivity index (χ1v) is 9.95. The molecule has 2 heterocycles. The summed E-state index contributed by atoms with van der Waals surface area (Å²) in [5, 5.41) is 0. The van der Waals surface area contributed by atoms with Gasteiger partial charge in [-0.2, -0.15) is 0 Å². The van der Waals surface area contributed by atoms with Crippen molar-refractivity contribution in [1.82, 2.24) is 14.8 Å². The number of nitrogens with zero attached hydrogens (tertiary/aromatic N) is 3. The monoisotopic (exact) mass is 345 g/mol. The van der Waals surface area contributed by atoms with Crippen molar-refractivity contribution < 1.29 is 0 Å². The summed E-state index contributed by atoms with van der Waals surface area (Å²) in [6, 6.07) is 4.29. The number of hydrogen-bond donors (Lipinski definition) is 0. The number of rotatable bonds is 4. The van der Waals surface area contributed by atoms with Gasteiger partial charge in [-0.1, -0.05) is 31.5 Å². The summed E-state index contributed by atoms with van der Waals surface area (Å²) in [7, 11) is 0. The van der Waals surface area contributed by atoms with E-state index in [2.05, 4.69) is 40.8 Å². The molecule has 2 fully saturated rings. The van der Waals surface area contributed by atoms with Gasteiger partial charge in [-0.05, 0) is 50.3 Å². The van der Waals surface area contributed by atoms with Crippen molar-refractivity contribution in [3.05, 3.63) is 29.1 Å². The van der Waals surface area contributed by atoms with Gasteiger partial charge in [0.25, 0.3) is 0 Å². The Hall–Kier alpha value is -1.00. The first-order chi connectivity index (χ1) is 11.6. The second-order valence-electron chi connectivity index (χ2n) is 7.64. The quantitative estimate of drug-likeness (QED) is 0.774. The third kappa shape index (κ3) is 5.00. The van der Waals surface area contributed by atoms with Gasteiger partial charge in [0.1, 0.15) is 0 Å². The molecule has 0 N–H and O–H groups in total. The molecule has 0 bridgehead atoms. The van der Waals surface area contributed by atoms with Crippen molar-refractivity contribution in [2.75, 3.05) is 32.7 Å². The van der Waals surface area contributed by atoms with Gasteiger partial charge in [0, 0.05) is 50.5 Å². The summed E-state index contributed by atoms with van der Waals surface area (Å²) >= 11 is 5.71. The van der Waals surface area contributed by atoms with Crippen LogP contribution in [0.25, 0.3) is 0 Å². The molecule has 1 saturated heterocycles. The molecule has 0 spiro atoms. The van der Waals surface area contributed by atoms with Crippen LogP contribution in [0.5, 0.6) is 0 Å². The maximum absolute atomic E-state index is 5.71. The maximum Gasteiger partial charge on any atom is 0.0840 e. The topological polar surface area (TPSA) is 19.4 Å². The van der Waals surface area contributed by atoms with E-state index in [0.29, 0.717) is 0 Å². The molecular formula is C20H31N3S. The van der Waals surface area contributed by atoms with Gasteiger partial charge in [-0.15, -0.1) is 0 Å². The van der Waals surface area contributed by atoms with Crippen molar-refractivity contribution >= 4 is 17.2 Å². The maximum atomic E-state index is 5.71. The van der Waals surface area contributed by atoms with Gasteiger partial charge in [0.05, 0.1) is 4.99 Å². The molecule has 1 saturated carbocycles. The number of piperazine rings is 1. The fourth-order valence-corrected chi connectivity index (χ4v) is 4.53. The standard InChI is InChI=1S/C20H31N3S/c1-16-12-17(2)21-19(13-16)14-20(24)23-10-8-22(9-11-23)15-18-6-4-3-5-7-18/h12-13,18H,3-11,14-15H2,1-2H3. The van der Waals surface area contributed by atoms with Crippen molar-refractivity contribution in [3.8, 4) is 0 Å². The molecule has 0 atom stereocenters. The lowest BCUT2D eigenvalue weighted by atomic mass is 9.89. The van der Waals surface area contributed by atoms with Crippen LogP contribution in [0.4, 0.5) is 0 Å². The largest absolute Gasteiger partial charge is 0.363 e. The van der Waals surface area contributed by atoms with Gasteiger partial charge in [-0.25, -0.2) is 0 Å². The predicted molar refractivity (Wildman–Crippen MR) is 105 cm³/mol. The van der Waals surface area contributed by atoms with Gasteiger partial charge >= 0.3 is 0 Å². The van der Waals surface area contributed by atoms with Crippen LogP contribution >= 0.6 is 12.2 Å². The fourth-order valence-electron chi connectivity index (χ4n) is 4.20. The Kier molecular flexibility index (Phi) is 6.23. The Morgan fingerprint density at radius 2 is 1.79 bits per heavy atom. The van der Waals surface area contributed by atoms with E-state index < -0.39 is 0 Å². The van der Waals surface area contributed by atoms with Crippen LogP contribution < -0.4 is 0 Å². The van der Waals surface area contributed by atoms with Crippen molar-refractivity contribution in [2.45, 2.75) is 52.4 Å². The molecule has 1 aliphatic heterocycles. The molecule has 0 amide bonds. The highest BCUT2D eigenvalue weighted by Gasteiger charge is 2.22. The average molecular weight is 346 g/mol. The highest BCUT2D eigenvalue weighted by molar-refractivity contribution is 7.80. The average Bonchev–Trinajstić information content (AvgIpc) is 2.55. The highest BCUT2D eigenvalue weighted by Crippen LogP contribution is 2.24. The van der Waals surface area contributed by atoms with Gasteiger partial charge in [0.2, 0.25) is 0 Å². The molecule has 2 aliphatic rings. The van der Waals surface area contributed by atoms with Crippen LogP contribution in [0.3, 0.4) is 0 Å². The summed E-state index contributed by atoms with van der Waals surface area (Å²) in [6.07, 6.45) is 8.02. The SMILES string of the molecule is Cc1cc(C)nc(CC(=S)N2CCN(CC3CCCCC3)CC2)c1. The Labute approximate surface area is 152 Å². The Morgan fingerprint density at radius 1 is 1.08 bits per heavy atom. The lowest BCUT2D eigenvalue weighted by molar-refractivity contribution is 0.145. The van der Waals surface area contributed by atoms with E-state index in [-0.39, 0.29) is 0 Å². The van der Waals surface area contributed by atoms with Crippen LogP contribution in [-0.2, 0) is 6.42 Å². The van der Waals surface area contributed by atoms with Crippen LogP contribution in [-0.4, -0.2) is 52.5 Å². The molecule has 1 aromatic heterocycles. The van der Waals surface area contributed by atoms with Crippen molar-refractivity contribution in [1.29, 1.82) is 0 Å². The van der Waals surface area contributed by atoms with Gasteiger partial charge < -0.3 is 4.90 Å². The van der Waals surface area contributed by atoms with E-state index in [4.69, 9.17) is 12.2 Å². The number of hydrogen-bond acceptors (Lipinski definition) is 3. The zero-order valence-electron chi connectivity index (χ0n) is 15.3. The molecule has 3 rings (SSSR count). The minimum absolute atomic E-state index is 0.806. The molecule has 0 radical (unpaired) electrons. The third-order valence-corrected chi connectivity index (χ3v) is 5.85. The second-order valence-corrected chi connectivity index (χ2v) is 8.11. The predicted octanol–water partition coefficient (Wildman–Crippen LogP) is 3.77. The van der Waals surface area contributed by atoms with Crippen LogP contribution in [0.1, 0.15) is 49.1 Å². The minimum atomic E-state index is 0.806. The van der Waals surface area contributed by atoms with E-state index in [1.54, 1.807) is 0 Å². The highest BCUT2D eigenvalue weighted by atomic mass is 32.1. The zero-order valence-corrected chi connectivity index (χ0v) is 16.1. The first-order valence-electron chi connectivity index (χ1n) is 9.54. The Bertz CT molecular complexity index is 538. The lowest BCUT2D eigenvalue weighted by Crippen LogP contribution is -2.49. The number of pyridine rings is 1. The van der Waals surface area contributed by atoms with Crippen LogP contribution in [0.15, 0.2) is 12.1 Å². The van der Waals surface area contributed by atoms with Crippen LogP contribution in [0.2, 0.25) is 0 Å². The Balaban J connectivity index is 1.46. The summed E-state index contributed by atoms with van der Waals surface area (Å²) in [6.45, 7) is 9.98. The van der Waals surface area contributed by atoms with Gasteiger partial charge in [-0.3, -0.25) is 9.88 Å². The molecule has 24 heavy (non-hydrogen) atoms. The lowest BCUT2D eigenvalue weighted by Gasteiger charge is -2.38. The van der Waals surface area contributed by atoms with Crippen molar-refractivity contribution in [3.63, 3.8) is 0 Å². The van der Waals surface area contributed by atoms with E-state index in [9.17, 15) is 0 Å². The number of aromatic nitrogens is 1. The summed E-state index contributed by atoms with van der Waals surface area (Å²) < 4.78 is 0. The third-order valence-electron chi connectivity index (χ3n) is 5.45. The fraction of sp³-hybridized carbons (Fsp3) is 0.700. The van der Waals surface area contributed by atoms with E-state index in [1.807, 2.05) is 0 Å². The normalized spacial score (nSPS) is 20.3. The molecule has 3 nitrogen and oxygen atoms in total. The molecular weight excluding hydrogens is 314 g/mol. The van der Waals surface area contributed by atoms with E-state index >= 15 is 0 Å². The zero-order chi connectivity index (χ0) is 16.9. The molecule has 1 aromatic rings. The minimum Gasteiger partial charge on any atom is -0.363 e. The second kappa shape index (κ2) is 8.39. The van der Waals surface area contributed by atoms with E-state index in [0.717, 1.165) is 54.9 Å².